The molecule has 3 unspecified atom stereocenters. The van der Waals surface area contributed by atoms with E-state index < -0.39 is 12.0 Å². The Hall–Kier alpha value is -0.990. The molecule has 3 atom stereocenters. The molecule has 0 aliphatic carbocycles. The Morgan fingerprint density at radius 2 is 1.79 bits per heavy atom. The highest BCUT2D eigenvalue weighted by Gasteiger charge is 2.42. The summed E-state index contributed by atoms with van der Waals surface area (Å²) in [7, 11) is 3.16. The Morgan fingerprint density at radius 1 is 1.21 bits per heavy atom. The number of ether oxygens (including phenoxy) is 2. The van der Waals surface area contributed by atoms with E-state index in [9.17, 15) is 9.59 Å². The number of rotatable bonds is 3. The minimum absolute atomic E-state index is 0.160. The van der Waals surface area contributed by atoms with E-state index in [1.54, 1.807) is 19.1 Å². The Bertz CT molecular complexity index is 355. The highest BCUT2D eigenvalue weighted by molar-refractivity contribution is 7.99. The van der Waals surface area contributed by atoms with Gasteiger partial charge in [0.25, 0.3) is 0 Å². The molecule has 108 valence electrons. The Kier molecular flexibility index (Phi) is 4.54. The van der Waals surface area contributed by atoms with E-state index in [2.05, 4.69) is 0 Å². The first-order valence-corrected chi connectivity index (χ1v) is 7.15. The zero-order valence-electron chi connectivity index (χ0n) is 10.9. The van der Waals surface area contributed by atoms with Crippen molar-refractivity contribution in [1.82, 2.24) is 9.80 Å². The smallest absolute Gasteiger partial charge is 0.327 e. The number of likely N-dealkylation sites (tertiary alicyclic amines) is 1. The molecule has 2 rings (SSSR count). The molecule has 0 spiro atoms. The summed E-state index contributed by atoms with van der Waals surface area (Å²) in [5.74, 6) is -0.0955. The number of aliphatic carboxylic acids is 1. The van der Waals surface area contributed by atoms with Crippen molar-refractivity contribution in [2.75, 3.05) is 38.9 Å². The molecule has 2 amide bonds. The average Bonchev–Trinajstić information content (AvgIpc) is 3.03. The van der Waals surface area contributed by atoms with Gasteiger partial charge in [-0.3, -0.25) is 0 Å². The Labute approximate surface area is 115 Å². The molecule has 0 aromatic carbocycles. The molecular weight excluding hydrogens is 272 g/mol. The number of amides is 2. The maximum atomic E-state index is 12.3. The van der Waals surface area contributed by atoms with Crippen LogP contribution in [0.5, 0.6) is 0 Å². The summed E-state index contributed by atoms with van der Waals surface area (Å²) in [6, 6.07) is -0.987. The molecule has 1 N–H and O–H groups in total. The van der Waals surface area contributed by atoms with Crippen LogP contribution in [0.25, 0.3) is 0 Å². The van der Waals surface area contributed by atoms with Crippen molar-refractivity contribution in [2.24, 2.45) is 0 Å². The van der Waals surface area contributed by atoms with E-state index in [-0.39, 0.29) is 18.2 Å². The first-order chi connectivity index (χ1) is 9.08. The zero-order chi connectivity index (χ0) is 14.0. The van der Waals surface area contributed by atoms with E-state index in [4.69, 9.17) is 14.6 Å². The molecule has 0 aromatic rings. The molecule has 2 heterocycles. The number of thioether (sulfide) groups is 1. The van der Waals surface area contributed by atoms with Gasteiger partial charge in [0.05, 0.1) is 19.0 Å². The SMILES string of the molecule is COC1CN(C(=O)N2CSCC2C(=O)O)CC1OC. The maximum Gasteiger partial charge on any atom is 0.327 e. The minimum atomic E-state index is -0.955. The van der Waals surface area contributed by atoms with E-state index in [1.807, 2.05) is 0 Å². The molecule has 0 saturated carbocycles. The normalized spacial score (nSPS) is 30.9. The van der Waals surface area contributed by atoms with Crippen LogP contribution in [0.1, 0.15) is 0 Å². The second kappa shape index (κ2) is 5.98. The van der Waals surface area contributed by atoms with Gasteiger partial charge in [0, 0.05) is 20.0 Å². The molecular formula is C11H18N2O5S. The summed E-state index contributed by atoms with van der Waals surface area (Å²) >= 11 is 1.45. The van der Waals surface area contributed by atoms with Crippen molar-refractivity contribution in [2.45, 2.75) is 18.2 Å². The van der Waals surface area contributed by atoms with Crippen LogP contribution in [0, 0.1) is 0 Å². The molecule has 8 heteroatoms. The second-order valence-electron chi connectivity index (χ2n) is 4.56. The number of carboxylic acid groups (broad SMARTS) is 1. The fourth-order valence-electron chi connectivity index (χ4n) is 2.37. The number of hydrogen-bond acceptors (Lipinski definition) is 5. The summed E-state index contributed by atoms with van der Waals surface area (Å²) in [5.41, 5.74) is 0. The summed E-state index contributed by atoms with van der Waals surface area (Å²) in [6.07, 6.45) is -0.319. The molecule has 2 aliphatic rings. The van der Waals surface area contributed by atoms with Gasteiger partial charge in [-0.2, -0.15) is 0 Å². The Balaban J connectivity index is 2.02. The number of hydrogen-bond donors (Lipinski definition) is 1. The third-order valence-corrected chi connectivity index (χ3v) is 4.52. The minimum Gasteiger partial charge on any atom is -0.480 e. The highest BCUT2D eigenvalue weighted by atomic mass is 32.2. The number of carbonyl (C=O) groups excluding carboxylic acids is 1. The van der Waals surface area contributed by atoms with E-state index in [0.29, 0.717) is 24.7 Å². The zero-order valence-corrected chi connectivity index (χ0v) is 11.8. The first kappa shape index (κ1) is 14.4. The van der Waals surface area contributed by atoms with Crippen molar-refractivity contribution in [1.29, 1.82) is 0 Å². The molecule has 2 fully saturated rings. The largest absolute Gasteiger partial charge is 0.480 e. The van der Waals surface area contributed by atoms with Crippen molar-refractivity contribution in [3.05, 3.63) is 0 Å². The van der Waals surface area contributed by atoms with Crippen molar-refractivity contribution in [3.8, 4) is 0 Å². The quantitative estimate of drug-likeness (QED) is 0.782. The molecule has 7 nitrogen and oxygen atoms in total. The van der Waals surface area contributed by atoms with Gasteiger partial charge in [-0.1, -0.05) is 0 Å². The van der Waals surface area contributed by atoms with Crippen LogP contribution in [-0.4, -0.2) is 84.1 Å². The predicted octanol–water partition coefficient (Wildman–Crippen LogP) is -0.0885. The predicted molar refractivity (Wildman–Crippen MR) is 69.2 cm³/mol. The maximum absolute atomic E-state index is 12.3. The van der Waals surface area contributed by atoms with Crippen molar-refractivity contribution in [3.63, 3.8) is 0 Å². The van der Waals surface area contributed by atoms with Gasteiger partial charge in [0.1, 0.15) is 18.2 Å². The topological polar surface area (TPSA) is 79.3 Å². The van der Waals surface area contributed by atoms with Crippen LogP contribution < -0.4 is 0 Å². The van der Waals surface area contributed by atoms with Gasteiger partial charge in [-0.25, -0.2) is 9.59 Å². The van der Waals surface area contributed by atoms with E-state index in [1.165, 1.54) is 16.7 Å². The van der Waals surface area contributed by atoms with Crippen LogP contribution in [-0.2, 0) is 14.3 Å². The highest BCUT2D eigenvalue weighted by Crippen LogP contribution is 2.25. The lowest BCUT2D eigenvalue weighted by Crippen LogP contribution is -2.48. The number of carbonyl (C=O) groups is 2. The van der Waals surface area contributed by atoms with Gasteiger partial charge in [-0.05, 0) is 0 Å². The van der Waals surface area contributed by atoms with Gasteiger partial charge in [-0.15, -0.1) is 11.8 Å². The van der Waals surface area contributed by atoms with Gasteiger partial charge >= 0.3 is 12.0 Å². The number of carboxylic acids is 1. The molecule has 19 heavy (non-hydrogen) atoms. The van der Waals surface area contributed by atoms with Gasteiger partial charge in [0.15, 0.2) is 0 Å². The average molecular weight is 290 g/mol. The number of nitrogens with zero attached hydrogens (tertiary/aromatic N) is 2. The van der Waals surface area contributed by atoms with Gasteiger partial charge in [0.2, 0.25) is 0 Å². The standard InChI is InChI=1S/C11H18N2O5S/c1-17-8-3-12(4-9(8)18-2)11(16)13-6-19-5-7(13)10(14)15/h7-9H,3-6H2,1-2H3,(H,14,15). The van der Waals surface area contributed by atoms with Crippen LogP contribution in [0.3, 0.4) is 0 Å². The fraction of sp³-hybridized carbons (Fsp3) is 0.818. The molecule has 0 aromatic heterocycles. The Morgan fingerprint density at radius 3 is 2.26 bits per heavy atom. The van der Waals surface area contributed by atoms with Crippen LogP contribution in [0.15, 0.2) is 0 Å². The summed E-state index contributed by atoms with van der Waals surface area (Å²) < 4.78 is 10.5. The van der Waals surface area contributed by atoms with Crippen molar-refractivity contribution >= 4 is 23.8 Å². The summed E-state index contributed by atoms with van der Waals surface area (Å²) in [6.45, 7) is 0.864. The second-order valence-corrected chi connectivity index (χ2v) is 5.56. The number of methoxy groups -OCH3 is 2. The number of urea groups is 1. The van der Waals surface area contributed by atoms with E-state index >= 15 is 0 Å². The fourth-order valence-corrected chi connectivity index (χ4v) is 3.51. The molecule has 0 bridgehead atoms. The molecule has 0 radical (unpaired) electrons. The van der Waals surface area contributed by atoms with Crippen LogP contribution in [0.2, 0.25) is 0 Å². The van der Waals surface area contributed by atoms with Crippen LogP contribution in [0.4, 0.5) is 4.79 Å². The first-order valence-electron chi connectivity index (χ1n) is 6.00. The van der Waals surface area contributed by atoms with Crippen molar-refractivity contribution < 1.29 is 24.2 Å². The van der Waals surface area contributed by atoms with E-state index in [0.717, 1.165) is 0 Å². The third-order valence-electron chi connectivity index (χ3n) is 3.50. The lowest BCUT2D eigenvalue weighted by atomic mass is 10.3. The lowest BCUT2D eigenvalue weighted by molar-refractivity contribution is -0.140. The van der Waals surface area contributed by atoms with Crippen LogP contribution >= 0.6 is 11.8 Å². The monoisotopic (exact) mass is 290 g/mol. The molecule has 2 saturated heterocycles. The van der Waals surface area contributed by atoms with Gasteiger partial charge < -0.3 is 24.4 Å². The lowest BCUT2D eigenvalue weighted by Gasteiger charge is -2.26. The summed E-state index contributed by atoms with van der Waals surface area (Å²) in [4.78, 5) is 26.4. The summed E-state index contributed by atoms with van der Waals surface area (Å²) in [5, 5.41) is 9.10. The molecule has 2 aliphatic heterocycles. The third kappa shape index (κ3) is 2.80.